The van der Waals surface area contributed by atoms with E-state index in [1.807, 2.05) is 0 Å². The Hall–Kier alpha value is -2.38. The first-order valence-electron chi connectivity index (χ1n) is 6.86. The van der Waals surface area contributed by atoms with Crippen LogP contribution < -0.4 is 16.2 Å². The minimum Gasteiger partial charge on any atom is -0.405 e. The van der Waals surface area contributed by atoms with E-state index in [1.165, 1.54) is 12.1 Å². The third kappa shape index (κ3) is 3.38. The maximum absolute atomic E-state index is 12.7. The van der Waals surface area contributed by atoms with Crippen LogP contribution in [-0.4, -0.2) is 11.3 Å². The molecule has 25 heavy (non-hydrogen) atoms. The molecular weight excluding hydrogens is 378 g/mol. The van der Waals surface area contributed by atoms with Gasteiger partial charge in [-0.1, -0.05) is 35.3 Å². The lowest BCUT2D eigenvalue weighted by atomic mass is 10.0. The zero-order chi connectivity index (χ0) is 18.4. The van der Waals surface area contributed by atoms with E-state index in [2.05, 4.69) is 9.72 Å². The highest BCUT2D eigenvalue weighted by Crippen LogP contribution is 2.42. The molecule has 1 heterocycles. The van der Waals surface area contributed by atoms with Crippen molar-refractivity contribution in [3.8, 4) is 17.0 Å². The van der Waals surface area contributed by atoms with Crippen LogP contribution in [0.1, 0.15) is 0 Å². The number of para-hydroxylation sites is 1. The molecule has 4 nitrogen and oxygen atoms in total. The Morgan fingerprint density at radius 1 is 1.00 bits per heavy atom. The molecule has 0 atom stereocenters. The quantitative estimate of drug-likeness (QED) is 0.587. The zero-order valence-corrected chi connectivity index (χ0v) is 13.9. The summed E-state index contributed by atoms with van der Waals surface area (Å²) >= 11 is 12.3. The second-order valence-corrected chi connectivity index (χ2v) is 5.93. The van der Waals surface area contributed by atoms with Gasteiger partial charge in [0, 0.05) is 5.39 Å². The van der Waals surface area contributed by atoms with Gasteiger partial charge in [-0.05, 0) is 24.3 Å². The van der Waals surface area contributed by atoms with Gasteiger partial charge >= 0.3 is 6.36 Å². The first kappa shape index (κ1) is 17.4. The SMILES string of the molecule is Nc1ccc(OC(F)(F)F)c(-c2cc(Cl)c3cccc(Cl)c3n2)c1N. The van der Waals surface area contributed by atoms with Crippen molar-refractivity contribution in [3.63, 3.8) is 0 Å². The average molecular weight is 388 g/mol. The maximum atomic E-state index is 12.7. The molecule has 0 radical (unpaired) electrons. The molecule has 0 saturated heterocycles. The van der Waals surface area contributed by atoms with Crippen molar-refractivity contribution < 1.29 is 17.9 Å². The Morgan fingerprint density at radius 2 is 1.72 bits per heavy atom. The molecule has 0 bridgehead atoms. The molecular formula is C16H10Cl2F3N3O. The number of fused-ring (bicyclic) bond motifs is 1. The minimum absolute atomic E-state index is 0.0645. The van der Waals surface area contributed by atoms with Crippen molar-refractivity contribution in [2.75, 3.05) is 11.5 Å². The van der Waals surface area contributed by atoms with Gasteiger partial charge in [-0.3, -0.25) is 0 Å². The molecule has 3 aromatic rings. The van der Waals surface area contributed by atoms with E-state index < -0.39 is 12.1 Å². The Bertz CT molecular complexity index is 977. The maximum Gasteiger partial charge on any atom is 0.573 e. The first-order valence-corrected chi connectivity index (χ1v) is 7.62. The lowest BCUT2D eigenvalue weighted by Crippen LogP contribution is -2.18. The molecule has 0 aliphatic rings. The monoisotopic (exact) mass is 387 g/mol. The van der Waals surface area contributed by atoms with Crippen molar-refractivity contribution in [2.24, 2.45) is 0 Å². The van der Waals surface area contributed by atoms with Crippen molar-refractivity contribution in [1.29, 1.82) is 0 Å². The second-order valence-electron chi connectivity index (χ2n) is 5.11. The summed E-state index contributed by atoms with van der Waals surface area (Å²) in [4.78, 5) is 4.30. The summed E-state index contributed by atoms with van der Waals surface area (Å²) in [6.07, 6.45) is -4.91. The van der Waals surface area contributed by atoms with Crippen molar-refractivity contribution in [1.82, 2.24) is 4.98 Å². The van der Waals surface area contributed by atoms with Crippen LogP contribution >= 0.6 is 23.2 Å². The molecule has 4 N–H and O–H groups in total. The number of benzene rings is 2. The fraction of sp³-hybridized carbons (Fsp3) is 0.0625. The molecule has 0 amide bonds. The van der Waals surface area contributed by atoms with Crippen LogP contribution in [0.25, 0.3) is 22.2 Å². The van der Waals surface area contributed by atoms with Crippen LogP contribution in [0, 0.1) is 0 Å². The Labute approximate surface area is 150 Å². The van der Waals surface area contributed by atoms with Crippen LogP contribution in [0.2, 0.25) is 10.0 Å². The first-order chi connectivity index (χ1) is 11.7. The van der Waals surface area contributed by atoms with E-state index in [9.17, 15) is 13.2 Å². The molecule has 0 aliphatic carbocycles. The molecule has 3 rings (SSSR count). The Balaban J connectivity index is 2.31. The van der Waals surface area contributed by atoms with E-state index >= 15 is 0 Å². The lowest BCUT2D eigenvalue weighted by molar-refractivity contribution is -0.274. The number of rotatable bonds is 2. The van der Waals surface area contributed by atoms with Gasteiger partial charge in [0.05, 0.1) is 38.2 Å². The number of pyridine rings is 1. The highest BCUT2D eigenvalue weighted by molar-refractivity contribution is 6.39. The van der Waals surface area contributed by atoms with E-state index in [1.54, 1.807) is 18.2 Å². The van der Waals surface area contributed by atoms with Gasteiger partial charge in [0.2, 0.25) is 0 Å². The van der Waals surface area contributed by atoms with Crippen molar-refractivity contribution >= 4 is 45.5 Å². The molecule has 1 aromatic heterocycles. The number of nitrogen functional groups attached to an aromatic ring is 2. The number of nitrogens with zero attached hydrogens (tertiary/aromatic N) is 1. The standard InChI is InChI=1S/C16H10Cl2F3N3O/c17-8-3-1-2-7-9(18)6-11(24-15(7)8)13-12(25-16(19,20)21)5-4-10(22)14(13)23/h1-6H,22-23H2. The number of nitrogens with two attached hydrogens (primary N) is 2. The normalized spacial score (nSPS) is 11.7. The Morgan fingerprint density at radius 3 is 2.40 bits per heavy atom. The van der Waals surface area contributed by atoms with Crippen LogP contribution in [-0.2, 0) is 0 Å². The van der Waals surface area contributed by atoms with E-state index in [0.29, 0.717) is 15.9 Å². The number of alkyl halides is 3. The fourth-order valence-electron chi connectivity index (χ4n) is 2.39. The minimum atomic E-state index is -4.91. The average Bonchev–Trinajstić information content (AvgIpc) is 2.51. The third-order valence-corrected chi connectivity index (χ3v) is 4.08. The fourth-order valence-corrected chi connectivity index (χ4v) is 2.86. The van der Waals surface area contributed by atoms with Crippen LogP contribution in [0.3, 0.4) is 0 Å². The number of ether oxygens (including phenoxy) is 1. The Kier molecular flexibility index (Phi) is 4.30. The number of aromatic nitrogens is 1. The third-order valence-electron chi connectivity index (χ3n) is 3.46. The highest BCUT2D eigenvalue weighted by atomic mass is 35.5. The number of hydrogen-bond acceptors (Lipinski definition) is 4. The van der Waals surface area contributed by atoms with E-state index in [-0.39, 0.29) is 27.7 Å². The molecule has 0 saturated carbocycles. The van der Waals surface area contributed by atoms with Crippen molar-refractivity contribution in [3.05, 3.63) is 46.4 Å². The molecule has 9 heteroatoms. The zero-order valence-electron chi connectivity index (χ0n) is 12.4. The van der Waals surface area contributed by atoms with Gasteiger partial charge in [-0.15, -0.1) is 13.2 Å². The summed E-state index contributed by atoms with van der Waals surface area (Å²) in [5.41, 5.74) is 11.9. The number of anilines is 2. The van der Waals surface area contributed by atoms with Crippen LogP contribution in [0.15, 0.2) is 36.4 Å². The van der Waals surface area contributed by atoms with Crippen LogP contribution in [0.4, 0.5) is 24.5 Å². The highest BCUT2D eigenvalue weighted by Gasteiger charge is 2.33. The van der Waals surface area contributed by atoms with Gasteiger partial charge < -0.3 is 16.2 Å². The molecule has 130 valence electrons. The summed E-state index contributed by atoms with van der Waals surface area (Å²) in [6.45, 7) is 0. The summed E-state index contributed by atoms with van der Waals surface area (Å²) in [6, 6.07) is 8.64. The lowest BCUT2D eigenvalue weighted by Gasteiger charge is -2.17. The second kappa shape index (κ2) is 6.16. The summed E-state index contributed by atoms with van der Waals surface area (Å²) in [5.74, 6) is -0.533. The molecule has 2 aromatic carbocycles. The van der Waals surface area contributed by atoms with Gasteiger partial charge in [0.1, 0.15) is 5.75 Å². The van der Waals surface area contributed by atoms with Crippen molar-refractivity contribution in [2.45, 2.75) is 6.36 Å². The smallest absolute Gasteiger partial charge is 0.405 e. The van der Waals surface area contributed by atoms with Gasteiger partial charge in [0.15, 0.2) is 0 Å². The molecule has 0 unspecified atom stereocenters. The van der Waals surface area contributed by atoms with Crippen LogP contribution in [0.5, 0.6) is 5.75 Å². The topological polar surface area (TPSA) is 74.2 Å². The summed E-state index contributed by atoms with van der Waals surface area (Å²) in [5, 5.41) is 1.10. The molecule has 0 fully saturated rings. The summed E-state index contributed by atoms with van der Waals surface area (Å²) in [7, 11) is 0. The predicted molar refractivity (Wildman–Crippen MR) is 92.7 cm³/mol. The molecule has 0 aliphatic heterocycles. The van der Waals surface area contributed by atoms with E-state index in [0.717, 1.165) is 6.07 Å². The van der Waals surface area contributed by atoms with Gasteiger partial charge in [-0.2, -0.15) is 0 Å². The number of halogens is 5. The summed E-state index contributed by atoms with van der Waals surface area (Å²) < 4.78 is 42.2. The number of hydrogen-bond donors (Lipinski definition) is 2. The largest absolute Gasteiger partial charge is 0.573 e. The van der Waals surface area contributed by atoms with Gasteiger partial charge in [0.25, 0.3) is 0 Å². The van der Waals surface area contributed by atoms with Gasteiger partial charge in [-0.25, -0.2) is 4.98 Å². The van der Waals surface area contributed by atoms with E-state index in [4.69, 9.17) is 34.7 Å². The molecule has 0 spiro atoms. The predicted octanol–water partition coefficient (Wildman–Crippen LogP) is 5.27.